The Labute approximate surface area is 161 Å². The van der Waals surface area contributed by atoms with Gasteiger partial charge in [-0.2, -0.15) is 13.2 Å². The first kappa shape index (κ1) is 22.2. The van der Waals surface area contributed by atoms with Crippen LogP contribution in [0.5, 0.6) is 5.75 Å². The maximum absolute atomic E-state index is 12.9. The van der Waals surface area contributed by atoms with Gasteiger partial charge in [0.1, 0.15) is 18.4 Å². The van der Waals surface area contributed by atoms with E-state index < -0.39 is 25.3 Å². The summed E-state index contributed by atoms with van der Waals surface area (Å²) in [7, 11) is 1.61. The number of rotatable bonds is 6. The number of hydrogen-bond donors (Lipinski definition) is 1. The number of nitrogens with zero attached hydrogens (tertiary/aromatic N) is 3. The molecule has 1 aromatic rings. The minimum atomic E-state index is -4.24. The molecule has 0 saturated carbocycles. The van der Waals surface area contributed by atoms with Gasteiger partial charge < -0.3 is 15.0 Å². The fourth-order valence-corrected chi connectivity index (χ4v) is 2.95. The largest absolute Gasteiger partial charge is 0.488 e. The molecule has 2 rings (SSSR count). The second-order valence-electron chi connectivity index (χ2n) is 6.49. The fourth-order valence-electron chi connectivity index (χ4n) is 2.95. The molecule has 5 nitrogen and oxygen atoms in total. The molecule has 0 spiro atoms. The highest BCUT2D eigenvalue weighted by molar-refractivity contribution is 5.80. The number of halogens is 5. The molecule has 1 aliphatic heterocycles. The lowest BCUT2D eigenvalue weighted by Gasteiger charge is -2.39. The number of benzene rings is 1. The van der Waals surface area contributed by atoms with Crippen molar-refractivity contribution in [2.24, 2.45) is 4.99 Å². The van der Waals surface area contributed by atoms with Crippen LogP contribution in [0.4, 0.5) is 22.0 Å². The van der Waals surface area contributed by atoms with Crippen LogP contribution in [-0.2, 0) is 6.54 Å². The van der Waals surface area contributed by atoms with E-state index in [4.69, 9.17) is 4.74 Å². The normalized spacial score (nSPS) is 17.7. The Morgan fingerprint density at radius 2 is 1.89 bits per heavy atom. The number of guanidine groups is 1. The van der Waals surface area contributed by atoms with E-state index in [1.807, 2.05) is 11.0 Å². The average molecular weight is 408 g/mol. The average Bonchev–Trinajstić information content (AvgIpc) is 2.66. The maximum atomic E-state index is 12.9. The van der Waals surface area contributed by atoms with Crippen molar-refractivity contribution < 1.29 is 26.7 Å². The molecule has 1 heterocycles. The van der Waals surface area contributed by atoms with Gasteiger partial charge in [-0.3, -0.25) is 9.89 Å². The molecule has 1 atom stereocenters. The summed E-state index contributed by atoms with van der Waals surface area (Å²) in [6.07, 6.45) is -6.78. The van der Waals surface area contributed by atoms with Gasteiger partial charge in [-0.1, -0.05) is 12.1 Å². The van der Waals surface area contributed by atoms with Crippen molar-refractivity contribution >= 4 is 5.96 Å². The summed E-state index contributed by atoms with van der Waals surface area (Å²) in [5, 5.41) is 3.15. The Bertz CT molecular complexity index is 645. The van der Waals surface area contributed by atoms with Crippen LogP contribution >= 0.6 is 0 Å². The third-order valence-corrected chi connectivity index (χ3v) is 4.57. The van der Waals surface area contributed by atoms with Crippen molar-refractivity contribution in [3.63, 3.8) is 0 Å². The Hall–Kier alpha value is -2.10. The maximum Gasteiger partial charge on any atom is 0.403 e. The van der Waals surface area contributed by atoms with Crippen molar-refractivity contribution in [1.29, 1.82) is 0 Å². The number of alkyl halides is 5. The molecule has 158 valence electrons. The summed E-state index contributed by atoms with van der Waals surface area (Å²) >= 11 is 0. The van der Waals surface area contributed by atoms with Gasteiger partial charge in [0.25, 0.3) is 6.43 Å². The molecule has 1 saturated heterocycles. The van der Waals surface area contributed by atoms with Gasteiger partial charge in [0.2, 0.25) is 0 Å². The molecule has 1 N–H and O–H groups in total. The Morgan fingerprint density at radius 1 is 1.21 bits per heavy atom. The van der Waals surface area contributed by atoms with E-state index in [0.717, 1.165) is 5.56 Å². The molecule has 1 fully saturated rings. The molecule has 0 radical (unpaired) electrons. The molecule has 10 heteroatoms. The molecule has 0 aliphatic carbocycles. The highest BCUT2D eigenvalue weighted by Crippen LogP contribution is 2.25. The van der Waals surface area contributed by atoms with E-state index in [9.17, 15) is 22.0 Å². The zero-order chi connectivity index (χ0) is 20.7. The monoisotopic (exact) mass is 408 g/mol. The minimum absolute atomic E-state index is 0.290. The standard InChI is InChI=1S/C18H25F5N4O/c1-13(18(21,22)23)26-6-8-27(9-7-26)17(24-2)25-11-14-4-3-5-15(10-14)28-12-16(19)20/h3-5,10,13,16H,6-9,11-12H2,1-2H3,(H,24,25). The summed E-state index contributed by atoms with van der Waals surface area (Å²) in [5.41, 5.74) is 0.817. The lowest BCUT2D eigenvalue weighted by Crippen LogP contribution is -2.56. The number of piperazine rings is 1. The van der Waals surface area contributed by atoms with Crippen molar-refractivity contribution in [2.45, 2.75) is 32.1 Å². The van der Waals surface area contributed by atoms with Crippen molar-refractivity contribution in [3.8, 4) is 5.75 Å². The highest BCUT2D eigenvalue weighted by Gasteiger charge is 2.41. The Morgan fingerprint density at radius 3 is 2.46 bits per heavy atom. The van der Waals surface area contributed by atoms with Crippen molar-refractivity contribution in [1.82, 2.24) is 15.1 Å². The smallest absolute Gasteiger partial charge is 0.403 e. The number of hydrogen-bond acceptors (Lipinski definition) is 3. The molecule has 0 aromatic heterocycles. The molecule has 1 unspecified atom stereocenters. The predicted molar refractivity (Wildman–Crippen MR) is 96.8 cm³/mol. The lowest BCUT2D eigenvalue weighted by molar-refractivity contribution is -0.181. The molecular formula is C18H25F5N4O. The topological polar surface area (TPSA) is 40.1 Å². The van der Waals surface area contributed by atoms with Gasteiger partial charge in [-0.15, -0.1) is 0 Å². The third kappa shape index (κ3) is 6.50. The highest BCUT2D eigenvalue weighted by atomic mass is 19.4. The number of ether oxygens (including phenoxy) is 1. The van der Waals surface area contributed by atoms with Gasteiger partial charge in [-0.25, -0.2) is 8.78 Å². The summed E-state index contributed by atoms with van der Waals surface area (Å²) in [5.74, 6) is 0.933. The quantitative estimate of drug-likeness (QED) is 0.446. The van der Waals surface area contributed by atoms with Crippen LogP contribution in [0, 0.1) is 0 Å². The first-order valence-corrected chi connectivity index (χ1v) is 8.97. The predicted octanol–water partition coefficient (Wildman–Crippen LogP) is 2.97. The van der Waals surface area contributed by atoms with Crippen molar-refractivity contribution in [2.75, 3.05) is 39.8 Å². The van der Waals surface area contributed by atoms with E-state index in [1.54, 1.807) is 25.2 Å². The van der Waals surface area contributed by atoms with Crippen LogP contribution in [0.2, 0.25) is 0 Å². The van der Waals surface area contributed by atoms with Crippen LogP contribution in [0.25, 0.3) is 0 Å². The Balaban J connectivity index is 1.86. The van der Waals surface area contributed by atoms with Gasteiger partial charge in [0.05, 0.1) is 0 Å². The van der Waals surface area contributed by atoms with Crippen LogP contribution in [-0.4, -0.2) is 74.2 Å². The van der Waals surface area contributed by atoms with E-state index in [0.29, 0.717) is 44.4 Å². The van der Waals surface area contributed by atoms with Crippen molar-refractivity contribution in [3.05, 3.63) is 29.8 Å². The van der Waals surface area contributed by atoms with Crippen LogP contribution in [0.15, 0.2) is 29.3 Å². The molecule has 1 aromatic carbocycles. The zero-order valence-electron chi connectivity index (χ0n) is 15.8. The van der Waals surface area contributed by atoms with Crippen LogP contribution < -0.4 is 10.1 Å². The zero-order valence-corrected chi connectivity index (χ0v) is 15.8. The van der Waals surface area contributed by atoms with Gasteiger partial charge in [0, 0.05) is 39.8 Å². The summed E-state index contributed by atoms with van der Waals surface area (Å²) in [6, 6.07) is 5.31. The molecule has 0 bridgehead atoms. The SMILES string of the molecule is CN=C(NCc1cccc(OCC(F)F)c1)N1CCN(C(C)C(F)(F)F)CC1. The number of aliphatic imine (C=N–C) groups is 1. The van der Waals surface area contributed by atoms with Gasteiger partial charge >= 0.3 is 6.18 Å². The first-order chi connectivity index (χ1) is 13.2. The van der Waals surface area contributed by atoms with Gasteiger partial charge in [0.15, 0.2) is 5.96 Å². The molecule has 0 amide bonds. The lowest BCUT2D eigenvalue weighted by atomic mass is 10.2. The second kappa shape index (κ2) is 9.90. The summed E-state index contributed by atoms with van der Waals surface area (Å²) in [4.78, 5) is 7.50. The summed E-state index contributed by atoms with van der Waals surface area (Å²) in [6.45, 7) is 2.33. The van der Waals surface area contributed by atoms with E-state index in [1.165, 1.54) is 11.8 Å². The van der Waals surface area contributed by atoms with E-state index in [2.05, 4.69) is 10.3 Å². The molecular weight excluding hydrogens is 383 g/mol. The first-order valence-electron chi connectivity index (χ1n) is 8.97. The second-order valence-corrected chi connectivity index (χ2v) is 6.49. The fraction of sp³-hybridized carbons (Fsp3) is 0.611. The third-order valence-electron chi connectivity index (χ3n) is 4.57. The number of nitrogens with one attached hydrogen (secondary N) is 1. The minimum Gasteiger partial charge on any atom is -0.488 e. The summed E-state index contributed by atoms with van der Waals surface area (Å²) < 4.78 is 68.1. The Kier molecular flexibility index (Phi) is 7.85. The molecule has 1 aliphatic rings. The van der Waals surface area contributed by atoms with E-state index in [-0.39, 0.29) is 0 Å². The van der Waals surface area contributed by atoms with Gasteiger partial charge in [-0.05, 0) is 24.6 Å². The van der Waals surface area contributed by atoms with Crippen LogP contribution in [0.3, 0.4) is 0 Å². The van der Waals surface area contributed by atoms with E-state index >= 15 is 0 Å². The molecule has 28 heavy (non-hydrogen) atoms. The van der Waals surface area contributed by atoms with Crippen LogP contribution in [0.1, 0.15) is 12.5 Å².